The van der Waals surface area contributed by atoms with Crippen LogP contribution < -0.4 is 20.7 Å². The van der Waals surface area contributed by atoms with Crippen molar-refractivity contribution in [3.8, 4) is 5.75 Å². The molecule has 0 aliphatic heterocycles. The van der Waals surface area contributed by atoms with Gasteiger partial charge in [-0.3, -0.25) is 9.79 Å². The number of rotatable bonds is 9. The third kappa shape index (κ3) is 6.87. The Labute approximate surface area is 186 Å². The highest BCUT2D eigenvalue weighted by Gasteiger charge is 2.11. The first-order chi connectivity index (χ1) is 15.6. The minimum Gasteiger partial charge on any atom is -0.489 e. The fourth-order valence-electron chi connectivity index (χ4n) is 2.93. The molecule has 8 heteroatoms. The van der Waals surface area contributed by atoms with E-state index in [1.54, 1.807) is 31.3 Å². The summed E-state index contributed by atoms with van der Waals surface area (Å²) in [6, 6.07) is 16.9. The predicted molar refractivity (Wildman–Crippen MR) is 122 cm³/mol. The lowest BCUT2D eigenvalue weighted by Gasteiger charge is -2.20. The zero-order valence-electron chi connectivity index (χ0n) is 18.1. The van der Waals surface area contributed by atoms with Gasteiger partial charge in [-0.05, 0) is 48.4 Å². The van der Waals surface area contributed by atoms with Gasteiger partial charge in [-0.15, -0.1) is 0 Å². The SMILES string of the molecule is CCC(CNC(=NC)NCc1ccc(NC(=O)c2ccco2)cc1)Oc1cccc(F)c1. The van der Waals surface area contributed by atoms with E-state index in [2.05, 4.69) is 20.9 Å². The number of halogens is 1. The molecule has 3 aromatic rings. The molecule has 0 aliphatic carbocycles. The maximum Gasteiger partial charge on any atom is 0.291 e. The molecule has 0 fully saturated rings. The third-order valence-corrected chi connectivity index (χ3v) is 4.69. The summed E-state index contributed by atoms with van der Waals surface area (Å²) in [5.41, 5.74) is 1.70. The molecule has 0 radical (unpaired) electrons. The van der Waals surface area contributed by atoms with E-state index in [-0.39, 0.29) is 23.6 Å². The largest absolute Gasteiger partial charge is 0.489 e. The van der Waals surface area contributed by atoms with Crippen molar-refractivity contribution >= 4 is 17.6 Å². The molecule has 1 amide bonds. The molecular formula is C24H27FN4O3. The van der Waals surface area contributed by atoms with Crippen LogP contribution in [0.15, 0.2) is 76.3 Å². The van der Waals surface area contributed by atoms with Gasteiger partial charge >= 0.3 is 0 Å². The molecule has 0 saturated carbocycles. The monoisotopic (exact) mass is 438 g/mol. The molecule has 1 atom stereocenters. The van der Waals surface area contributed by atoms with Gasteiger partial charge in [0, 0.05) is 25.3 Å². The van der Waals surface area contributed by atoms with Crippen LogP contribution in [0.4, 0.5) is 10.1 Å². The van der Waals surface area contributed by atoms with Gasteiger partial charge in [-0.1, -0.05) is 25.1 Å². The Morgan fingerprint density at radius 2 is 1.94 bits per heavy atom. The number of benzene rings is 2. The zero-order chi connectivity index (χ0) is 22.8. The number of hydrogen-bond acceptors (Lipinski definition) is 4. The van der Waals surface area contributed by atoms with Gasteiger partial charge in [0.25, 0.3) is 5.91 Å². The summed E-state index contributed by atoms with van der Waals surface area (Å²) in [6.07, 6.45) is 2.08. The molecule has 1 unspecified atom stereocenters. The van der Waals surface area contributed by atoms with Crippen molar-refractivity contribution in [2.45, 2.75) is 26.0 Å². The first kappa shape index (κ1) is 22.9. The Balaban J connectivity index is 1.45. The van der Waals surface area contributed by atoms with Crippen molar-refractivity contribution in [1.82, 2.24) is 10.6 Å². The van der Waals surface area contributed by atoms with E-state index in [9.17, 15) is 9.18 Å². The number of hydrogen-bond donors (Lipinski definition) is 3. The third-order valence-electron chi connectivity index (χ3n) is 4.69. The number of furan rings is 1. The lowest BCUT2D eigenvalue weighted by atomic mass is 10.2. The lowest BCUT2D eigenvalue weighted by molar-refractivity contribution is 0.0996. The molecule has 0 saturated heterocycles. The van der Waals surface area contributed by atoms with Gasteiger partial charge in [0.2, 0.25) is 0 Å². The van der Waals surface area contributed by atoms with E-state index in [4.69, 9.17) is 9.15 Å². The topological polar surface area (TPSA) is 87.9 Å². The predicted octanol–water partition coefficient (Wildman–Crippen LogP) is 4.19. The maximum atomic E-state index is 13.4. The molecule has 1 aromatic heterocycles. The Morgan fingerprint density at radius 1 is 1.12 bits per heavy atom. The Hall–Kier alpha value is -3.81. The van der Waals surface area contributed by atoms with Crippen molar-refractivity contribution in [3.05, 3.63) is 84.1 Å². The minimum atomic E-state index is -0.325. The highest BCUT2D eigenvalue weighted by molar-refractivity contribution is 6.02. The molecular weight excluding hydrogens is 411 g/mol. The van der Waals surface area contributed by atoms with Crippen LogP contribution in [0.5, 0.6) is 5.75 Å². The quantitative estimate of drug-likeness (QED) is 0.344. The summed E-state index contributed by atoms with van der Waals surface area (Å²) >= 11 is 0. The van der Waals surface area contributed by atoms with Gasteiger partial charge in [0.05, 0.1) is 12.8 Å². The number of anilines is 1. The first-order valence-electron chi connectivity index (χ1n) is 10.4. The van der Waals surface area contributed by atoms with E-state index < -0.39 is 0 Å². The Bertz CT molecular complexity index is 1020. The Kier molecular flexibility index (Phi) is 8.25. The van der Waals surface area contributed by atoms with Crippen molar-refractivity contribution in [3.63, 3.8) is 0 Å². The first-order valence-corrected chi connectivity index (χ1v) is 10.4. The average molecular weight is 439 g/mol. The minimum absolute atomic E-state index is 0.132. The van der Waals surface area contributed by atoms with E-state index >= 15 is 0 Å². The second kappa shape index (κ2) is 11.5. The van der Waals surface area contributed by atoms with Crippen LogP contribution in [0.2, 0.25) is 0 Å². The maximum absolute atomic E-state index is 13.4. The fraction of sp³-hybridized carbons (Fsp3) is 0.250. The summed E-state index contributed by atoms with van der Waals surface area (Å²) in [7, 11) is 1.69. The van der Waals surface area contributed by atoms with Crippen LogP contribution in [-0.4, -0.2) is 31.6 Å². The van der Waals surface area contributed by atoms with Gasteiger partial charge in [0.15, 0.2) is 11.7 Å². The van der Waals surface area contributed by atoms with Gasteiger partial charge in [-0.2, -0.15) is 0 Å². The number of nitrogens with one attached hydrogen (secondary N) is 3. The van der Waals surface area contributed by atoms with Crippen molar-refractivity contribution in [2.24, 2.45) is 4.99 Å². The van der Waals surface area contributed by atoms with Crippen LogP contribution in [0.25, 0.3) is 0 Å². The van der Waals surface area contributed by atoms with E-state index in [0.717, 1.165) is 12.0 Å². The van der Waals surface area contributed by atoms with Crippen molar-refractivity contribution in [2.75, 3.05) is 18.9 Å². The second-order valence-corrected chi connectivity index (χ2v) is 7.04. The van der Waals surface area contributed by atoms with Gasteiger partial charge in [-0.25, -0.2) is 4.39 Å². The highest BCUT2D eigenvalue weighted by atomic mass is 19.1. The van der Waals surface area contributed by atoms with Crippen LogP contribution in [0.1, 0.15) is 29.5 Å². The summed E-state index contributed by atoms with van der Waals surface area (Å²) in [6.45, 7) is 3.08. The van der Waals surface area contributed by atoms with Crippen LogP contribution in [-0.2, 0) is 6.54 Å². The molecule has 3 rings (SSSR count). The van der Waals surface area contributed by atoms with Crippen molar-refractivity contribution < 1.29 is 18.3 Å². The number of carbonyl (C=O) groups is 1. The summed E-state index contributed by atoms with van der Waals surface area (Å²) in [4.78, 5) is 16.3. The molecule has 3 N–H and O–H groups in total. The number of aliphatic imine (C=N–C) groups is 1. The standard InChI is InChI=1S/C24H27FN4O3/c1-3-20(32-21-7-4-6-18(25)14-21)16-28-24(26-2)27-15-17-9-11-19(12-10-17)29-23(30)22-8-5-13-31-22/h4-14,20H,3,15-16H2,1-2H3,(H,29,30)(H2,26,27,28). The van der Waals surface area contributed by atoms with E-state index in [1.807, 2.05) is 31.2 Å². The highest BCUT2D eigenvalue weighted by Crippen LogP contribution is 2.15. The van der Waals surface area contributed by atoms with E-state index in [1.165, 1.54) is 18.4 Å². The molecule has 1 heterocycles. The summed E-state index contributed by atoms with van der Waals surface area (Å²) < 4.78 is 24.3. The summed E-state index contributed by atoms with van der Waals surface area (Å²) in [5, 5.41) is 9.26. The number of ether oxygens (including phenoxy) is 1. The smallest absolute Gasteiger partial charge is 0.291 e. The van der Waals surface area contributed by atoms with Crippen LogP contribution in [0.3, 0.4) is 0 Å². The number of guanidine groups is 1. The van der Waals surface area contributed by atoms with Crippen LogP contribution >= 0.6 is 0 Å². The lowest BCUT2D eigenvalue weighted by Crippen LogP contribution is -2.42. The number of amides is 1. The summed E-state index contributed by atoms with van der Waals surface area (Å²) in [5.74, 6) is 0.769. The Morgan fingerprint density at radius 3 is 2.59 bits per heavy atom. The second-order valence-electron chi connectivity index (χ2n) is 7.04. The molecule has 32 heavy (non-hydrogen) atoms. The van der Waals surface area contributed by atoms with Crippen LogP contribution in [0, 0.1) is 5.82 Å². The molecule has 2 aromatic carbocycles. The normalized spacial score (nSPS) is 12.2. The fourth-order valence-corrected chi connectivity index (χ4v) is 2.93. The molecule has 168 valence electrons. The average Bonchev–Trinajstić information content (AvgIpc) is 3.34. The van der Waals surface area contributed by atoms with Gasteiger partial charge in [0.1, 0.15) is 17.7 Å². The van der Waals surface area contributed by atoms with Gasteiger partial charge < -0.3 is 25.1 Å². The van der Waals surface area contributed by atoms with E-state index in [0.29, 0.717) is 30.5 Å². The zero-order valence-corrected chi connectivity index (χ0v) is 18.1. The molecule has 7 nitrogen and oxygen atoms in total. The van der Waals surface area contributed by atoms with Crippen molar-refractivity contribution in [1.29, 1.82) is 0 Å². The molecule has 0 spiro atoms. The molecule has 0 aliphatic rings. The number of nitrogens with zero attached hydrogens (tertiary/aromatic N) is 1. The molecule has 0 bridgehead atoms. The number of carbonyl (C=O) groups excluding carboxylic acids is 1.